The molecule has 0 heterocycles. The number of ether oxygens (including phenoxy) is 1. The van der Waals surface area contributed by atoms with E-state index in [2.05, 4.69) is 10.0 Å². The minimum absolute atomic E-state index is 0.0126. The number of carbonyl (C=O) groups excluding carboxylic acids is 1. The minimum atomic E-state index is -3.66. The van der Waals surface area contributed by atoms with Crippen LogP contribution in [-0.4, -0.2) is 28.5 Å². The molecule has 0 aliphatic heterocycles. The summed E-state index contributed by atoms with van der Waals surface area (Å²) in [4.78, 5) is 12.0. The maximum absolute atomic E-state index is 12.0. The molecule has 132 valence electrons. The number of sulfonamides is 1. The fourth-order valence-electron chi connectivity index (χ4n) is 2.11. The van der Waals surface area contributed by atoms with Crippen LogP contribution in [-0.2, 0) is 14.8 Å². The first-order chi connectivity index (χ1) is 11.9. The molecule has 0 unspecified atom stereocenters. The van der Waals surface area contributed by atoms with Crippen LogP contribution in [0.15, 0.2) is 53.4 Å². The van der Waals surface area contributed by atoms with Crippen LogP contribution in [0.4, 0.5) is 5.69 Å². The van der Waals surface area contributed by atoms with Crippen molar-refractivity contribution in [3.63, 3.8) is 0 Å². The fraction of sp³-hybridized carbons (Fsp3) is 0.167. The van der Waals surface area contributed by atoms with Crippen molar-refractivity contribution in [2.45, 2.75) is 11.8 Å². The second-order valence-electron chi connectivity index (χ2n) is 5.31. The maximum atomic E-state index is 12.0. The third-order valence-electron chi connectivity index (χ3n) is 3.49. The van der Waals surface area contributed by atoms with Crippen LogP contribution in [0.1, 0.15) is 11.1 Å². The van der Waals surface area contributed by atoms with Gasteiger partial charge in [0.25, 0.3) is 0 Å². The van der Waals surface area contributed by atoms with Crippen molar-refractivity contribution in [2.24, 2.45) is 0 Å². The fourth-order valence-corrected chi connectivity index (χ4v) is 3.04. The quantitative estimate of drug-likeness (QED) is 0.776. The number of hydrogen-bond acceptors (Lipinski definition) is 4. The van der Waals surface area contributed by atoms with E-state index in [9.17, 15) is 13.2 Å². The monoisotopic (exact) mass is 360 g/mol. The molecule has 0 spiro atoms. The van der Waals surface area contributed by atoms with Gasteiger partial charge in [-0.1, -0.05) is 23.8 Å². The zero-order valence-electron chi connectivity index (χ0n) is 14.2. The molecule has 1 amide bonds. The molecular formula is C18H20N2O4S. The zero-order valence-corrected chi connectivity index (χ0v) is 15.1. The molecule has 0 aromatic heterocycles. The number of amides is 1. The van der Waals surface area contributed by atoms with E-state index in [0.29, 0.717) is 11.3 Å². The van der Waals surface area contributed by atoms with Crippen molar-refractivity contribution in [1.29, 1.82) is 0 Å². The Morgan fingerprint density at radius 1 is 1.12 bits per heavy atom. The Morgan fingerprint density at radius 3 is 2.40 bits per heavy atom. The van der Waals surface area contributed by atoms with Gasteiger partial charge in [-0.25, -0.2) is 13.1 Å². The van der Waals surface area contributed by atoms with Gasteiger partial charge in [0, 0.05) is 11.8 Å². The molecular weight excluding hydrogens is 340 g/mol. The van der Waals surface area contributed by atoms with Gasteiger partial charge in [0.05, 0.1) is 7.11 Å². The number of rotatable bonds is 6. The van der Waals surface area contributed by atoms with Crippen molar-refractivity contribution in [1.82, 2.24) is 4.72 Å². The molecule has 0 saturated heterocycles. The number of nitrogens with one attached hydrogen (secondary N) is 2. The molecule has 6 nitrogen and oxygen atoms in total. The Balaban J connectivity index is 2.19. The highest BCUT2D eigenvalue weighted by atomic mass is 32.2. The number of carbonyl (C=O) groups is 1. The molecule has 0 fully saturated rings. The summed E-state index contributed by atoms with van der Waals surface area (Å²) in [5, 5.41) is 2.74. The summed E-state index contributed by atoms with van der Waals surface area (Å²) < 4.78 is 31.4. The number of anilines is 1. The first-order valence-corrected chi connectivity index (χ1v) is 9.01. The smallest absolute Gasteiger partial charge is 0.248 e. The predicted octanol–water partition coefficient (Wildman–Crippen LogP) is 2.56. The molecule has 2 N–H and O–H groups in total. The number of benzene rings is 2. The average Bonchev–Trinajstić information content (AvgIpc) is 2.61. The van der Waals surface area contributed by atoms with E-state index in [1.54, 1.807) is 12.1 Å². The van der Waals surface area contributed by atoms with Gasteiger partial charge >= 0.3 is 0 Å². The molecule has 0 aliphatic rings. The van der Waals surface area contributed by atoms with E-state index in [-0.39, 0.29) is 16.6 Å². The third-order valence-corrected chi connectivity index (χ3v) is 4.93. The molecule has 0 saturated carbocycles. The van der Waals surface area contributed by atoms with Gasteiger partial charge in [0.15, 0.2) is 0 Å². The van der Waals surface area contributed by atoms with Crippen LogP contribution in [0.5, 0.6) is 5.75 Å². The SMILES string of the molecule is CNS(=O)(=O)c1cc(/C=C/C(=O)Nc2ccc(C)cc2)ccc1OC. The Hall–Kier alpha value is -2.64. The third kappa shape index (κ3) is 4.91. The van der Waals surface area contributed by atoms with Gasteiger partial charge in [-0.05, 0) is 49.9 Å². The van der Waals surface area contributed by atoms with Gasteiger partial charge in [-0.2, -0.15) is 0 Å². The second kappa shape index (κ2) is 7.96. The summed E-state index contributed by atoms with van der Waals surface area (Å²) in [5.74, 6) is -0.0756. The van der Waals surface area contributed by atoms with E-state index in [4.69, 9.17) is 4.74 Å². The van der Waals surface area contributed by atoms with Crippen molar-refractivity contribution >= 4 is 27.7 Å². The van der Waals surface area contributed by atoms with Crippen LogP contribution in [0.3, 0.4) is 0 Å². The highest BCUT2D eigenvalue weighted by Gasteiger charge is 2.17. The number of methoxy groups -OCH3 is 1. The zero-order chi connectivity index (χ0) is 18.4. The topological polar surface area (TPSA) is 84.5 Å². The highest BCUT2D eigenvalue weighted by Crippen LogP contribution is 2.25. The molecule has 0 bridgehead atoms. The van der Waals surface area contributed by atoms with Gasteiger partial charge in [-0.15, -0.1) is 0 Å². The normalized spacial score (nSPS) is 11.5. The lowest BCUT2D eigenvalue weighted by molar-refractivity contribution is -0.111. The van der Waals surface area contributed by atoms with Gasteiger partial charge in [0.2, 0.25) is 15.9 Å². The Morgan fingerprint density at radius 2 is 1.80 bits per heavy atom. The number of hydrogen-bond donors (Lipinski definition) is 2. The summed E-state index contributed by atoms with van der Waals surface area (Å²) in [6.07, 6.45) is 2.88. The summed E-state index contributed by atoms with van der Waals surface area (Å²) in [5.41, 5.74) is 2.35. The summed E-state index contributed by atoms with van der Waals surface area (Å²) in [7, 11) is -0.941. The lowest BCUT2D eigenvalue weighted by atomic mass is 10.2. The first kappa shape index (κ1) is 18.7. The molecule has 0 aliphatic carbocycles. The summed E-state index contributed by atoms with van der Waals surface area (Å²) in [6, 6.07) is 12.1. The Bertz CT molecular complexity index is 888. The van der Waals surface area contributed by atoms with Crippen LogP contribution in [0.2, 0.25) is 0 Å². The van der Waals surface area contributed by atoms with Crippen molar-refractivity contribution in [3.05, 3.63) is 59.7 Å². The van der Waals surface area contributed by atoms with Crippen LogP contribution >= 0.6 is 0 Å². The van der Waals surface area contributed by atoms with Gasteiger partial charge < -0.3 is 10.1 Å². The Labute approximate surface area is 147 Å². The summed E-state index contributed by atoms with van der Waals surface area (Å²) >= 11 is 0. The van der Waals surface area contributed by atoms with E-state index in [0.717, 1.165) is 5.56 Å². The van der Waals surface area contributed by atoms with Crippen LogP contribution in [0, 0.1) is 6.92 Å². The molecule has 2 aromatic carbocycles. The standard InChI is InChI=1S/C18H20N2O4S/c1-13-4-8-15(9-5-13)20-18(21)11-7-14-6-10-16(24-3)17(12-14)25(22,23)19-2/h4-12,19H,1-3H3,(H,20,21)/b11-7+. The Kier molecular flexibility index (Phi) is 5.95. The first-order valence-electron chi connectivity index (χ1n) is 7.53. The van der Waals surface area contributed by atoms with Crippen LogP contribution in [0.25, 0.3) is 6.08 Å². The minimum Gasteiger partial charge on any atom is -0.495 e. The van der Waals surface area contributed by atoms with E-state index < -0.39 is 10.0 Å². The van der Waals surface area contributed by atoms with E-state index in [1.807, 2.05) is 31.2 Å². The second-order valence-corrected chi connectivity index (χ2v) is 7.16. The molecule has 25 heavy (non-hydrogen) atoms. The van der Waals surface area contributed by atoms with E-state index >= 15 is 0 Å². The van der Waals surface area contributed by atoms with E-state index in [1.165, 1.54) is 32.4 Å². The maximum Gasteiger partial charge on any atom is 0.248 e. The largest absolute Gasteiger partial charge is 0.495 e. The molecule has 0 radical (unpaired) electrons. The molecule has 7 heteroatoms. The molecule has 0 atom stereocenters. The highest BCUT2D eigenvalue weighted by molar-refractivity contribution is 7.89. The van der Waals surface area contributed by atoms with Crippen LogP contribution < -0.4 is 14.8 Å². The predicted molar refractivity (Wildman–Crippen MR) is 98.1 cm³/mol. The lowest BCUT2D eigenvalue weighted by Gasteiger charge is -2.09. The van der Waals surface area contributed by atoms with Crippen molar-refractivity contribution < 1.29 is 17.9 Å². The molecule has 2 aromatic rings. The summed E-state index contributed by atoms with van der Waals surface area (Å²) in [6.45, 7) is 1.96. The molecule has 2 rings (SSSR count). The van der Waals surface area contributed by atoms with Gasteiger partial charge in [-0.3, -0.25) is 4.79 Å². The number of aryl methyl sites for hydroxylation is 1. The van der Waals surface area contributed by atoms with Gasteiger partial charge in [0.1, 0.15) is 10.6 Å². The lowest BCUT2D eigenvalue weighted by Crippen LogP contribution is -2.19. The average molecular weight is 360 g/mol. The van der Waals surface area contributed by atoms with Crippen molar-refractivity contribution in [2.75, 3.05) is 19.5 Å². The van der Waals surface area contributed by atoms with Crippen molar-refractivity contribution in [3.8, 4) is 5.75 Å².